The topological polar surface area (TPSA) is 52.9 Å². The maximum atomic E-state index is 11.0. The molecule has 0 spiro atoms. The van der Waals surface area contributed by atoms with Crippen molar-refractivity contribution in [3.8, 4) is 6.07 Å². The molecule has 0 bridgehead atoms. The van der Waals surface area contributed by atoms with E-state index in [0.29, 0.717) is 6.42 Å². The van der Waals surface area contributed by atoms with Crippen molar-refractivity contribution in [2.45, 2.75) is 23.1 Å². The molecular weight excluding hydrogens is 268 g/mol. The Kier molecular flexibility index (Phi) is 4.80. The van der Waals surface area contributed by atoms with Gasteiger partial charge in [0.1, 0.15) is 0 Å². The molecule has 2 rings (SSSR count). The number of hydrogen-bond donors (Lipinski definition) is 1. The van der Waals surface area contributed by atoms with Gasteiger partial charge in [0.15, 0.2) is 0 Å². The molecule has 2 aromatic carbocycles. The lowest BCUT2D eigenvalue weighted by Gasteiger charge is -2.07. The lowest BCUT2D eigenvalue weighted by atomic mass is 10.2. The number of nitrogens with zero attached hydrogens (tertiary/aromatic N) is 1. The zero-order chi connectivity index (χ0) is 14.4. The normalized spacial score (nSPS) is 9.80. The SMILES string of the molecule is CC(=O)Nc1ccc(Sc2ccccc2CC#N)cc1. The summed E-state index contributed by atoms with van der Waals surface area (Å²) >= 11 is 1.62. The van der Waals surface area contributed by atoms with Crippen LogP contribution in [0.4, 0.5) is 5.69 Å². The highest BCUT2D eigenvalue weighted by atomic mass is 32.2. The van der Waals surface area contributed by atoms with Crippen molar-refractivity contribution in [1.29, 1.82) is 5.26 Å². The van der Waals surface area contributed by atoms with E-state index in [1.807, 2.05) is 48.5 Å². The molecule has 4 heteroatoms. The Morgan fingerprint density at radius 3 is 2.55 bits per heavy atom. The first-order valence-corrected chi connectivity index (χ1v) is 7.01. The van der Waals surface area contributed by atoms with Crippen molar-refractivity contribution in [3.63, 3.8) is 0 Å². The number of carbonyl (C=O) groups excluding carboxylic acids is 1. The molecule has 0 unspecified atom stereocenters. The monoisotopic (exact) mass is 282 g/mol. The van der Waals surface area contributed by atoms with Crippen molar-refractivity contribution < 1.29 is 4.79 Å². The lowest BCUT2D eigenvalue weighted by Crippen LogP contribution is -2.05. The molecule has 0 saturated heterocycles. The van der Waals surface area contributed by atoms with Gasteiger partial charge < -0.3 is 5.32 Å². The first kappa shape index (κ1) is 14.2. The quantitative estimate of drug-likeness (QED) is 0.926. The van der Waals surface area contributed by atoms with E-state index in [2.05, 4.69) is 11.4 Å². The molecule has 0 radical (unpaired) electrons. The van der Waals surface area contributed by atoms with E-state index in [-0.39, 0.29) is 5.91 Å². The van der Waals surface area contributed by atoms with Gasteiger partial charge in [-0.3, -0.25) is 4.79 Å². The molecule has 3 nitrogen and oxygen atoms in total. The molecule has 2 aromatic rings. The van der Waals surface area contributed by atoms with Gasteiger partial charge in [-0.15, -0.1) is 0 Å². The minimum Gasteiger partial charge on any atom is -0.326 e. The summed E-state index contributed by atoms with van der Waals surface area (Å²) in [5.74, 6) is -0.0789. The Hall–Kier alpha value is -2.25. The number of hydrogen-bond acceptors (Lipinski definition) is 3. The molecule has 0 saturated carbocycles. The second-order valence-electron chi connectivity index (χ2n) is 4.25. The van der Waals surface area contributed by atoms with Gasteiger partial charge in [-0.25, -0.2) is 0 Å². The van der Waals surface area contributed by atoms with Gasteiger partial charge >= 0.3 is 0 Å². The van der Waals surface area contributed by atoms with E-state index in [1.54, 1.807) is 11.8 Å². The molecule has 0 heterocycles. The van der Waals surface area contributed by atoms with E-state index in [9.17, 15) is 4.79 Å². The largest absolute Gasteiger partial charge is 0.326 e. The molecule has 0 atom stereocenters. The summed E-state index contributed by atoms with van der Waals surface area (Å²) in [6.45, 7) is 1.49. The zero-order valence-corrected chi connectivity index (χ0v) is 11.9. The minimum atomic E-state index is -0.0789. The van der Waals surface area contributed by atoms with Crippen LogP contribution in [0.2, 0.25) is 0 Å². The van der Waals surface area contributed by atoms with Crippen LogP contribution in [-0.4, -0.2) is 5.91 Å². The first-order valence-electron chi connectivity index (χ1n) is 6.19. The number of rotatable bonds is 4. The van der Waals surface area contributed by atoms with Crippen LogP contribution in [0.25, 0.3) is 0 Å². The van der Waals surface area contributed by atoms with E-state index >= 15 is 0 Å². The second kappa shape index (κ2) is 6.78. The summed E-state index contributed by atoms with van der Waals surface area (Å²) in [6.07, 6.45) is 0.410. The van der Waals surface area contributed by atoms with Crippen LogP contribution < -0.4 is 5.32 Å². The summed E-state index contributed by atoms with van der Waals surface area (Å²) < 4.78 is 0. The van der Waals surface area contributed by atoms with E-state index < -0.39 is 0 Å². The predicted molar refractivity (Wildman–Crippen MR) is 80.6 cm³/mol. The fraction of sp³-hybridized carbons (Fsp3) is 0.125. The van der Waals surface area contributed by atoms with Crippen molar-refractivity contribution in [2.24, 2.45) is 0 Å². The van der Waals surface area contributed by atoms with Crippen LogP contribution in [-0.2, 0) is 11.2 Å². The summed E-state index contributed by atoms with van der Waals surface area (Å²) in [5, 5.41) is 11.6. The Morgan fingerprint density at radius 1 is 1.20 bits per heavy atom. The molecule has 0 aliphatic heterocycles. The molecule has 0 fully saturated rings. The molecule has 0 aliphatic rings. The molecule has 1 N–H and O–H groups in total. The third-order valence-electron chi connectivity index (χ3n) is 2.64. The predicted octanol–water partition coefficient (Wildman–Crippen LogP) is 3.86. The molecular formula is C16H14N2OS. The second-order valence-corrected chi connectivity index (χ2v) is 5.37. The number of nitriles is 1. The fourth-order valence-electron chi connectivity index (χ4n) is 1.77. The van der Waals surface area contributed by atoms with Crippen molar-refractivity contribution >= 4 is 23.4 Å². The average molecular weight is 282 g/mol. The Morgan fingerprint density at radius 2 is 1.90 bits per heavy atom. The van der Waals surface area contributed by atoms with Gasteiger partial charge in [0.2, 0.25) is 5.91 Å². The highest BCUT2D eigenvalue weighted by molar-refractivity contribution is 7.99. The smallest absolute Gasteiger partial charge is 0.221 e. The van der Waals surface area contributed by atoms with Gasteiger partial charge in [0.05, 0.1) is 12.5 Å². The molecule has 0 aliphatic carbocycles. The third-order valence-corrected chi connectivity index (χ3v) is 3.77. The number of anilines is 1. The number of carbonyl (C=O) groups is 1. The maximum absolute atomic E-state index is 11.0. The van der Waals surface area contributed by atoms with Crippen molar-refractivity contribution in [2.75, 3.05) is 5.32 Å². The number of benzene rings is 2. The van der Waals surface area contributed by atoms with Crippen molar-refractivity contribution in [1.82, 2.24) is 0 Å². The van der Waals surface area contributed by atoms with Gasteiger partial charge in [0.25, 0.3) is 0 Å². The van der Waals surface area contributed by atoms with E-state index in [1.165, 1.54) is 6.92 Å². The van der Waals surface area contributed by atoms with Gasteiger partial charge in [-0.2, -0.15) is 5.26 Å². The molecule has 1 amide bonds. The standard InChI is InChI=1S/C16H14N2OS/c1-12(19)18-14-6-8-15(9-7-14)20-16-5-3-2-4-13(16)10-11-17/h2-9H,10H2,1H3,(H,18,19). The summed E-state index contributed by atoms with van der Waals surface area (Å²) in [7, 11) is 0. The van der Waals surface area contributed by atoms with Gasteiger partial charge in [-0.05, 0) is 35.9 Å². The summed E-state index contributed by atoms with van der Waals surface area (Å²) in [6, 6.07) is 17.7. The van der Waals surface area contributed by atoms with Crippen molar-refractivity contribution in [3.05, 3.63) is 54.1 Å². The Labute approximate surface area is 122 Å². The molecule has 20 heavy (non-hydrogen) atoms. The lowest BCUT2D eigenvalue weighted by molar-refractivity contribution is -0.114. The molecule has 100 valence electrons. The minimum absolute atomic E-state index is 0.0789. The number of nitrogens with one attached hydrogen (secondary N) is 1. The summed E-state index contributed by atoms with van der Waals surface area (Å²) in [5.41, 5.74) is 1.82. The van der Waals surface area contributed by atoms with Crippen LogP contribution in [0.1, 0.15) is 12.5 Å². The fourth-order valence-corrected chi connectivity index (χ4v) is 2.72. The van der Waals surface area contributed by atoms with E-state index in [4.69, 9.17) is 5.26 Å². The maximum Gasteiger partial charge on any atom is 0.221 e. The summed E-state index contributed by atoms with van der Waals surface area (Å²) in [4.78, 5) is 13.1. The number of amides is 1. The zero-order valence-electron chi connectivity index (χ0n) is 11.1. The van der Waals surface area contributed by atoms with E-state index in [0.717, 1.165) is 21.0 Å². The average Bonchev–Trinajstić information content (AvgIpc) is 2.43. The molecule has 0 aromatic heterocycles. The highest BCUT2D eigenvalue weighted by Crippen LogP contribution is 2.31. The first-order chi connectivity index (χ1) is 9.69. The third kappa shape index (κ3) is 3.87. The van der Waals surface area contributed by atoms with Crippen LogP contribution >= 0.6 is 11.8 Å². The van der Waals surface area contributed by atoms with Crippen LogP contribution in [0.5, 0.6) is 0 Å². The van der Waals surface area contributed by atoms with Crippen LogP contribution in [0.3, 0.4) is 0 Å². The van der Waals surface area contributed by atoms with Gasteiger partial charge in [-0.1, -0.05) is 30.0 Å². The Bertz CT molecular complexity index is 644. The van der Waals surface area contributed by atoms with Gasteiger partial charge in [0, 0.05) is 22.4 Å². The Balaban J connectivity index is 2.14. The highest BCUT2D eigenvalue weighted by Gasteiger charge is 2.04. The van der Waals surface area contributed by atoms with Crippen LogP contribution in [0, 0.1) is 11.3 Å². The van der Waals surface area contributed by atoms with Crippen LogP contribution in [0.15, 0.2) is 58.3 Å².